The second-order valence-corrected chi connectivity index (χ2v) is 9.49. The maximum atomic E-state index is 3.66. The van der Waals surface area contributed by atoms with Gasteiger partial charge < -0.3 is 10.6 Å². The molecule has 0 spiro atoms. The van der Waals surface area contributed by atoms with Crippen LogP contribution in [0.2, 0.25) is 0 Å². The third-order valence-corrected chi connectivity index (χ3v) is 5.33. The van der Waals surface area contributed by atoms with Gasteiger partial charge in [0.25, 0.3) is 0 Å². The monoisotopic (exact) mass is 290 g/mol. The van der Waals surface area contributed by atoms with Gasteiger partial charge in [0.1, 0.15) is 0 Å². The third-order valence-electron chi connectivity index (χ3n) is 5.33. The molecule has 0 aromatic rings. The average molecular weight is 290 g/mol. The first-order chi connectivity index (χ1) is 9.42. The summed E-state index contributed by atoms with van der Waals surface area (Å²) in [7, 11) is 0. The van der Waals surface area contributed by atoms with Gasteiger partial charge in [-0.15, -0.1) is 0 Å². The Morgan fingerprint density at radius 1 is 0.714 bits per heavy atom. The molecular formula is C19H34N2. The molecule has 0 saturated heterocycles. The Balaban J connectivity index is 2.20. The Morgan fingerprint density at radius 2 is 1.05 bits per heavy atom. The van der Waals surface area contributed by atoms with Crippen LogP contribution in [0.1, 0.15) is 55.4 Å². The molecule has 2 N–H and O–H groups in total. The molecule has 2 rings (SSSR count). The zero-order chi connectivity index (χ0) is 16.1. The van der Waals surface area contributed by atoms with E-state index in [0.717, 1.165) is 13.1 Å². The van der Waals surface area contributed by atoms with Gasteiger partial charge in [0.15, 0.2) is 0 Å². The van der Waals surface area contributed by atoms with E-state index in [4.69, 9.17) is 0 Å². The summed E-state index contributed by atoms with van der Waals surface area (Å²) < 4.78 is 0. The van der Waals surface area contributed by atoms with E-state index in [0.29, 0.717) is 22.7 Å². The number of hydrogen-bond acceptors (Lipinski definition) is 2. The van der Waals surface area contributed by atoms with Crippen LogP contribution in [-0.2, 0) is 0 Å². The van der Waals surface area contributed by atoms with Gasteiger partial charge in [-0.1, -0.05) is 53.7 Å². The fourth-order valence-corrected chi connectivity index (χ4v) is 3.19. The topological polar surface area (TPSA) is 24.1 Å². The highest BCUT2D eigenvalue weighted by molar-refractivity contribution is 5.31. The van der Waals surface area contributed by atoms with Crippen LogP contribution >= 0.6 is 0 Å². The lowest BCUT2D eigenvalue weighted by Gasteiger charge is -2.28. The molecule has 0 radical (unpaired) electrons. The van der Waals surface area contributed by atoms with Crippen LogP contribution in [0.5, 0.6) is 0 Å². The second kappa shape index (κ2) is 5.07. The van der Waals surface area contributed by atoms with Crippen LogP contribution in [-0.4, -0.2) is 13.1 Å². The Labute approximate surface area is 131 Å². The summed E-state index contributed by atoms with van der Waals surface area (Å²) in [5.41, 5.74) is 3.48. The molecule has 0 aliphatic carbocycles. The maximum absolute atomic E-state index is 3.66. The van der Waals surface area contributed by atoms with Crippen LogP contribution in [0.3, 0.4) is 0 Å². The summed E-state index contributed by atoms with van der Waals surface area (Å²) in [6, 6.07) is 0. The van der Waals surface area contributed by atoms with Gasteiger partial charge in [-0.05, 0) is 24.7 Å². The molecule has 0 amide bonds. The van der Waals surface area contributed by atoms with E-state index in [1.165, 1.54) is 11.4 Å². The molecule has 2 heteroatoms. The van der Waals surface area contributed by atoms with Gasteiger partial charge in [0.05, 0.1) is 0 Å². The summed E-state index contributed by atoms with van der Waals surface area (Å²) in [6.45, 7) is 20.8. The van der Waals surface area contributed by atoms with Crippen molar-refractivity contribution in [3.63, 3.8) is 0 Å². The molecule has 120 valence electrons. The molecule has 0 fully saturated rings. The van der Waals surface area contributed by atoms with Crippen molar-refractivity contribution in [2.75, 3.05) is 13.1 Å². The minimum absolute atomic E-state index is 0.0556. The molecule has 0 aromatic heterocycles. The summed E-state index contributed by atoms with van der Waals surface area (Å²) >= 11 is 0. The first-order valence-corrected chi connectivity index (χ1v) is 8.34. The van der Waals surface area contributed by atoms with Crippen molar-refractivity contribution in [3.05, 3.63) is 23.5 Å². The fourth-order valence-electron chi connectivity index (χ4n) is 3.19. The van der Waals surface area contributed by atoms with Crippen LogP contribution in [0.15, 0.2) is 23.5 Å². The van der Waals surface area contributed by atoms with E-state index in [1.807, 2.05) is 0 Å². The predicted octanol–water partition coefficient (Wildman–Crippen LogP) is 4.31. The summed E-state index contributed by atoms with van der Waals surface area (Å²) in [6.07, 6.45) is 4.93. The average Bonchev–Trinajstić information content (AvgIpc) is 2.97. The molecule has 2 heterocycles. The molecule has 0 unspecified atom stereocenters. The van der Waals surface area contributed by atoms with Crippen molar-refractivity contribution in [3.8, 4) is 0 Å². The highest BCUT2D eigenvalue weighted by Gasteiger charge is 2.38. The SMILES string of the molecule is CC(C)(C1=C[C@@H](C(C)(C)C)CN1)C1=C[C@@H](C(C)(C)C)CN1. The third kappa shape index (κ3) is 3.30. The molecule has 21 heavy (non-hydrogen) atoms. The number of nitrogens with one attached hydrogen (secondary N) is 2. The first kappa shape index (κ1) is 16.5. The quantitative estimate of drug-likeness (QED) is 0.792. The summed E-state index contributed by atoms with van der Waals surface area (Å²) in [4.78, 5) is 0. The minimum Gasteiger partial charge on any atom is -0.387 e. The van der Waals surface area contributed by atoms with Crippen LogP contribution in [0.25, 0.3) is 0 Å². The Bertz CT molecular complexity index is 413. The smallest absolute Gasteiger partial charge is 0.0434 e. The first-order valence-electron chi connectivity index (χ1n) is 8.34. The van der Waals surface area contributed by atoms with Gasteiger partial charge in [-0.3, -0.25) is 0 Å². The van der Waals surface area contributed by atoms with Crippen LogP contribution in [0, 0.1) is 28.1 Å². The van der Waals surface area contributed by atoms with E-state index < -0.39 is 0 Å². The zero-order valence-electron chi connectivity index (χ0n) is 15.2. The van der Waals surface area contributed by atoms with Crippen molar-refractivity contribution in [2.24, 2.45) is 28.1 Å². The molecule has 0 saturated carbocycles. The van der Waals surface area contributed by atoms with Gasteiger partial charge >= 0.3 is 0 Å². The van der Waals surface area contributed by atoms with Gasteiger partial charge in [-0.2, -0.15) is 0 Å². The zero-order valence-corrected chi connectivity index (χ0v) is 15.2. The maximum Gasteiger partial charge on any atom is 0.0434 e. The lowest BCUT2D eigenvalue weighted by molar-refractivity contribution is 0.301. The standard InChI is InChI=1S/C19H34N2/c1-17(2,3)13-9-15(20-11-13)19(7,8)16-10-14(12-21-16)18(4,5)6/h9-10,13-14,20-21H,11-12H2,1-8H3/t13-,14-/m1/s1. The second-order valence-electron chi connectivity index (χ2n) is 9.49. The molecule has 2 nitrogen and oxygen atoms in total. The Kier molecular flexibility index (Phi) is 3.97. The highest BCUT2D eigenvalue weighted by Crippen LogP contribution is 2.42. The lowest BCUT2D eigenvalue weighted by Crippen LogP contribution is -2.31. The molecule has 2 atom stereocenters. The van der Waals surface area contributed by atoms with Crippen LogP contribution in [0.4, 0.5) is 0 Å². The molecule has 2 aliphatic rings. The summed E-state index contributed by atoms with van der Waals surface area (Å²) in [5.74, 6) is 1.24. The predicted molar refractivity (Wildman–Crippen MR) is 91.8 cm³/mol. The van der Waals surface area contributed by atoms with Crippen LogP contribution < -0.4 is 10.6 Å². The van der Waals surface area contributed by atoms with E-state index >= 15 is 0 Å². The van der Waals surface area contributed by atoms with Crippen molar-refractivity contribution in [1.82, 2.24) is 10.6 Å². The van der Waals surface area contributed by atoms with Crippen molar-refractivity contribution in [1.29, 1.82) is 0 Å². The fraction of sp³-hybridized carbons (Fsp3) is 0.789. The normalized spacial score (nSPS) is 27.0. The Morgan fingerprint density at radius 3 is 1.29 bits per heavy atom. The minimum atomic E-state index is 0.0556. The van der Waals surface area contributed by atoms with E-state index in [2.05, 4.69) is 78.2 Å². The number of rotatable bonds is 2. The lowest BCUT2D eigenvalue weighted by atomic mass is 9.78. The van der Waals surface area contributed by atoms with Gasteiger partial charge in [0, 0.05) is 41.7 Å². The molecule has 2 aliphatic heterocycles. The van der Waals surface area contributed by atoms with E-state index in [-0.39, 0.29) is 5.41 Å². The van der Waals surface area contributed by atoms with Crippen molar-refractivity contribution >= 4 is 0 Å². The van der Waals surface area contributed by atoms with E-state index in [9.17, 15) is 0 Å². The van der Waals surface area contributed by atoms with Gasteiger partial charge in [0.2, 0.25) is 0 Å². The van der Waals surface area contributed by atoms with Crippen molar-refractivity contribution < 1.29 is 0 Å². The highest BCUT2D eigenvalue weighted by atomic mass is 15.0. The summed E-state index contributed by atoms with van der Waals surface area (Å²) in [5, 5.41) is 7.33. The van der Waals surface area contributed by atoms with Gasteiger partial charge in [-0.25, -0.2) is 0 Å². The molecule has 0 bridgehead atoms. The largest absolute Gasteiger partial charge is 0.387 e. The molecular weight excluding hydrogens is 256 g/mol. The Hall–Kier alpha value is -0.920. The number of hydrogen-bond donors (Lipinski definition) is 2. The van der Waals surface area contributed by atoms with E-state index in [1.54, 1.807) is 0 Å². The van der Waals surface area contributed by atoms with Crippen molar-refractivity contribution in [2.45, 2.75) is 55.4 Å². The molecule has 0 aromatic carbocycles.